The summed E-state index contributed by atoms with van der Waals surface area (Å²) in [7, 11) is 0. The smallest absolute Gasteiger partial charge is 0.116 e. The lowest BCUT2D eigenvalue weighted by molar-refractivity contribution is 0.0423. The van der Waals surface area contributed by atoms with Crippen LogP contribution in [-0.2, 0) is 6.54 Å². The van der Waals surface area contributed by atoms with E-state index in [1.807, 2.05) is 25.1 Å². The molecule has 1 saturated heterocycles. The predicted molar refractivity (Wildman–Crippen MR) is 94.9 cm³/mol. The Morgan fingerprint density at radius 3 is 2.38 bits per heavy atom. The molecular weight excluding hydrogens is 299 g/mol. The molecule has 1 heterocycles. The van der Waals surface area contributed by atoms with Crippen molar-refractivity contribution in [1.82, 2.24) is 4.90 Å². The molecule has 0 saturated carbocycles. The summed E-state index contributed by atoms with van der Waals surface area (Å²) in [5.41, 5.74) is 3.58. The van der Waals surface area contributed by atoms with Crippen molar-refractivity contribution in [2.45, 2.75) is 26.1 Å². The molecule has 0 bridgehead atoms. The van der Waals surface area contributed by atoms with E-state index < -0.39 is 6.17 Å². The molecule has 2 nitrogen and oxygen atoms in total. The largest absolute Gasteiger partial charge is 0.296 e. The number of hydrogen-bond donors (Lipinski definition) is 0. The van der Waals surface area contributed by atoms with Gasteiger partial charge in [0.15, 0.2) is 0 Å². The number of nitriles is 1. The van der Waals surface area contributed by atoms with Gasteiger partial charge >= 0.3 is 0 Å². The number of benzene rings is 2. The molecule has 1 aliphatic heterocycles. The van der Waals surface area contributed by atoms with E-state index in [4.69, 9.17) is 5.26 Å². The average molecular weight is 322 g/mol. The Labute approximate surface area is 143 Å². The first kappa shape index (κ1) is 16.7. The molecule has 24 heavy (non-hydrogen) atoms. The second kappa shape index (κ2) is 7.59. The third kappa shape index (κ3) is 3.83. The fourth-order valence-electron chi connectivity index (χ4n) is 3.47. The highest BCUT2D eigenvalue weighted by atomic mass is 19.1. The highest BCUT2D eigenvalue weighted by Gasteiger charge is 2.33. The lowest BCUT2D eigenvalue weighted by Gasteiger charge is -2.38. The zero-order valence-corrected chi connectivity index (χ0v) is 14.0. The summed E-state index contributed by atoms with van der Waals surface area (Å²) in [5.74, 6) is 0.101. The van der Waals surface area contributed by atoms with Gasteiger partial charge in [0.25, 0.3) is 0 Å². The number of likely N-dealkylation sites (tertiary alicyclic amines) is 1. The Balaban J connectivity index is 1.67. The van der Waals surface area contributed by atoms with Crippen LogP contribution >= 0.6 is 0 Å². The second-order valence-corrected chi connectivity index (χ2v) is 6.75. The van der Waals surface area contributed by atoms with Crippen molar-refractivity contribution in [3.8, 4) is 17.2 Å². The standard InChI is InChI=1S/C21H23FN2/c1-16-20(11-12-23)14-24(15-21(16)22)13-17-7-9-19(10-8-17)18-5-3-2-4-6-18/h2-10,16,20-21H,11,13-15H2,1H3/t16-,20+,21-/m1/s1. The summed E-state index contributed by atoms with van der Waals surface area (Å²) < 4.78 is 14.2. The quantitative estimate of drug-likeness (QED) is 0.817. The number of alkyl halides is 1. The van der Waals surface area contributed by atoms with Gasteiger partial charge in [0.2, 0.25) is 0 Å². The third-order valence-corrected chi connectivity index (χ3v) is 5.06. The lowest BCUT2D eigenvalue weighted by atomic mass is 9.83. The lowest BCUT2D eigenvalue weighted by Crippen LogP contribution is -2.46. The highest BCUT2D eigenvalue weighted by molar-refractivity contribution is 5.63. The molecule has 0 aliphatic carbocycles. The Kier molecular flexibility index (Phi) is 5.27. The van der Waals surface area contributed by atoms with E-state index in [1.165, 1.54) is 16.7 Å². The van der Waals surface area contributed by atoms with Crippen LogP contribution in [0.5, 0.6) is 0 Å². The molecule has 3 atom stereocenters. The summed E-state index contributed by atoms with van der Waals surface area (Å²) in [6.07, 6.45) is -0.411. The van der Waals surface area contributed by atoms with Gasteiger partial charge in [0.05, 0.1) is 6.07 Å². The third-order valence-electron chi connectivity index (χ3n) is 5.06. The minimum atomic E-state index is -0.847. The molecule has 0 spiro atoms. The monoisotopic (exact) mass is 322 g/mol. The molecule has 1 aliphatic rings. The number of piperidine rings is 1. The van der Waals surface area contributed by atoms with Gasteiger partial charge in [0.1, 0.15) is 6.17 Å². The van der Waals surface area contributed by atoms with Gasteiger partial charge in [-0.25, -0.2) is 4.39 Å². The van der Waals surface area contributed by atoms with Crippen molar-refractivity contribution in [2.75, 3.05) is 13.1 Å². The van der Waals surface area contributed by atoms with Crippen LogP contribution in [-0.4, -0.2) is 24.2 Å². The normalized spacial score (nSPS) is 24.5. The number of rotatable bonds is 4. The molecule has 0 aromatic heterocycles. The van der Waals surface area contributed by atoms with E-state index in [1.54, 1.807) is 0 Å². The van der Waals surface area contributed by atoms with Crippen LogP contribution in [0, 0.1) is 23.2 Å². The minimum Gasteiger partial charge on any atom is -0.296 e. The highest BCUT2D eigenvalue weighted by Crippen LogP contribution is 2.29. The molecule has 0 amide bonds. The zero-order valence-electron chi connectivity index (χ0n) is 14.0. The molecule has 1 fully saturated rings. The molecule has 124 valence electrons. The van der Waals surface area contributed by atoms with Crippen LogP contribution in [0.2, 0.25) is 0 Å². The van der Waals surface area contributed by atoms with Crippen LogP contribution < -0.4 is 0 Å². The molecule has 0 radical (unpaired) electrons. The fourth-order valence-corrected chi connectivity index (χ4v) is 3.47. The predicted octanol–water partition coefficient (Wildman–Crippen LogP) is 4.67. The van der Waals surface area contributed by atoms with Gasteiger partial charge < -0.3 is 0 Å². The van der Waals surface area contributed by atoms with Gasteiger partial charge in [-0.2, -0.15) is 5.26 Å². The van der Waals surface area contributed by atoms with E-state index in [0.29, 0.717) is 13.0 Å². The first-order valence-corrected chi connectivity index (χ1v) is 8.55. The van der Waals surface area contributed by atoms with E-state index in [2.05, 4.69) is 47.4 Å². The molecule has 0 N–H and O–H groups in total. The maximum atomic E-state index is 14.2. The number of hydrogen-bond acceptors (Lipinski definition) is 2. The average Bonchev–Trinajstić information content (AvgIpc) is 2.61. The summed E-state index contributed by atoms with van der Waals surface area (Å²) in [4.78, 5) is 2.14. The van der Waals surface area contributed by atoms with Crippen molar-refractivity contribution in [3.63, 3.8) is 0 Å². The molecule has 2 aromatic rings. The minimum absolute atomic E-state index is 0.0265. The van der Waals surface area contributed by atoms with Crippen LogP contribution in [0.4, 0.5) is 4.39 Å². The van der Waals surface area contributed by atoms with E-state index in [-0.39, 0.29) is 11.8 Å². The Morgan fingerprint density at radius 2 is 1.71 bits per heavy atom. The van der Waals surface area contributed by atoms with Gasteiger partial charge in [-0.3, -0.25) is 4.90 Å². The Morgan fingerprint density at radius 1 is 1.04 bits per heavy atom. The molecule has 0 unspecified atom stereocenters. The summed E-state index contributed by atoms with van der Waals surface area (Å²) in [5, 5.41) is 8.95. The van der Waals surface area contributed by atoms with Gasteiger partial charge in [-0.05, 0) is 28.5 Å². The van der Waals surface area contributed by atoms with Gasteiger partial charge in [-0.1, -0.05) is 61.5 Å². The van der Waals surface area contributed by atoms with Gasteiger partial charge in [0, 0.05) is 26.1 Å². The maximum Gasteiger partial charge on any atom is 0.116 e. The molecule has 2 aromatic carbocycles. The Bertz CT molecular complexity index is 690. The second-order valence-electron chi connectivity index (χ2n) is 6.75. The molecular formula is C21H23FN2. The summed E-state index contributed by atoms with van der Waals surface area (Å²) in [6.45, 7) is 3.93. The van der Waals surface area contributed by atoms with Crippen LogP contribution in [0.15, 0.2) is 54.6 Å². The van der Waals surface area contributed by atoms with E-state index in [9.17, 15) is 4.39 Å². The number of nitrogens with zero attached hydrogens (tertiary/aromatic N) is 2. The van der Waals surface area contributed by atoms with Crippen molar-refractivity contribution < 1.29 is 4.39 Å². The van der Waals surface area contributed by atoms with Crippen molar-refractivity contribution >= 4 is 0 Å². The number of halogens is 1. The van der Waals surface area contributed by atoms with Crippen LogP contribution in [0.1, 0.15) is 18.9 Å². The van der Waals surface area contributed by atoms with Crippen LogP contribution in [0.3, 0.4) is 0 Å². The maximum absolute atomic E-state index is 14.2. The first-order valence-electron chi connectivity index (χ1n) is 8.55. The summed E-state index contributed by atoms with van der Waals surface area (Å²) in [6, 6.07) is 21.0. The fraction of sp³-hybridized carbons (Fsp3) is 0.381. The SMILES string of the molecule is C[C@@H]1[C@@H](CC#N)CN(Cc2ccc(-c3ccccc3)cc2)C[C@H]1F. The first-order chi connectivity index (χ1) is 11.7. The Hall–Kier alpha value is -2.18. The van der Waals surface area contributed by atoms with E-state index in [0.717, 1.165) is 13.1 Å². The van der Waals surface area contributed by atoms with Crippen molar-refractivity contribution in [2.24, 2.45) is 11.8 Å². The topological polar surface area (TPSA) is 27.0 Å². The van der Waals surface area contributed by atoms with Crippen molar-refractivity contribution in [1.29, 1.82) is 5.26 Å². The summed E-state index contributed by atoms with van der Waals surface area (Å²) >= 11 is 0. The van der Waals surface area contributed by atoms with Crippen molar-refractivity contribution in [3.05, 3.63) is 60.2 Å². The van der Waals surface area contributed by atoms with Gasteiger partial charge in [-0.15, -0.1) is 0 Å². The molecule has 3 rings (SSSR count). The van der Waals surface area contributed by atoms with Crippen LogP contribution in [0.25, 0.3) is 11.1 Å². The van der Waals surface area contributed by atoms with E-state index >= 15 is 0 Å². The zero-order chi connectivity index (χ0) is 16.9. The molecule has 3 heteroatoms.